The third-order valence-electron chi connectivity index (χ3n) is 4.43. The number of sulfone groups is 1. The van der Waals surface area contributed by atoms with Crippen LogP contribution in [0.4, 0.5) is 0 Å². The van der Waals surface area contributed by atoms with Crippen molar-refractivity contribution in [3.8, 4) is 11.5 Å². The molecule has 1 heterocycles. The van der Waals surface area contributed by atoms with Crippen LogP contribution < -0.4 is 4.74 Å². The molecule has 25 heavy (non-hydrogen) atoms. The molecular formula is C20H25NO3S. The molecule has 1 unspecified atom stereocenters. The van der Waals surface area contributed by atoms with E-state index in [4.69, 9.17) is 4.74 Å². The van der Waals surface area contributed by atoms with Gasteiger partial charge in [0.25, 0.3) is 0 Å². The van der Waals surface area contributed by atoms with Gasteiger partial charge < -0.3 is 4.74 Å². The maximum Gasteiger partial charge on any atom is 0.147 e. The number of benzene rings is 2. The lowest BCUT2D eigenvalue weighted by Crippen LogP contribution is -2.37. The summed E-state index contributed by atoms with van der Waals surface area (Å²) >= 11 is 0. The largest absolute Gasteiger partial charge is 0.457 e. The van der Waals surface area contributed by atoms with Crippen molar-refractivity contribution in [1.82, 2.24) is 4.90 Å². The lowest BCUT2D eigenvalue weighted by molar-refractivity contribution is 0.177. The molecule has 0 aromatic heterocycles. The average molecular weight is 359 g/mol. The van der Waals surface area contributed by atoms with Crippen molar-refractivity contribution in [2.75, 3.05) is 25.1 Å². The van der Waals surface area contributed by atoms with Crippen LogP contribution in [0.25, 0.3) is 0 Å². The number of nitrogens with zero attached hydrogens (tertiary/aromatic N) is 1. The van der Waals surface area contributed by atoms with Crippen molar-refractivity contribution in [3.05, 3.63) is 60.2 Å². The number of hydrogen-bond donors (Lipinski definition) is 0. The van der Waals surface area contributed by atoms with Crippen molar-refractivity contribution < 1.29 is 13.2 Å². The molecule has 134 valence electrons. The summed E-state index contributed by atoms with van der Waals surface area (Å²) in [6.45, 7) is 2.69. The van der Waals surface area contributed by atoms with Crippen LogP contribution in [0.5, 0.6) is 11.5 Å². The molecule has 0 amide bonds. The SMILES string of the molecule is CS(=O)(=O)CC1CCCN(Cc2cccc(Oc3ccccc3)c2)C1. The Bertz CT molecular complexity index is 790. The van der Waals surface area contributed by atoms with Crippen LogP contribution in [0.3, 0.4) is 0 Å². The molecule has 1 aliphatic heterocycles. The third-order valence-corrected chi connectivity index (χ3v) is 5.50. The Morgan fingerprint density at radius 3 is 2.60 bits per heavy atom. The van der Waals surface area contributed by atoms with E-state index in [1.165, 1.54) is 11.8 Å². The molecule has 1 atom stereocenters. The van der Waals surface area contributed by atoms with E-state index in [1.54, 1.807) is 0 Å². The highest BCUT2D eigenvalue weighted by molar-refractivity contribution is 7.90. The lowest BCUT2D eigenvalue weighted by atomic mass is 9.99. The molecule has 0 bridgehead atoms. The fourth-order valence-electron chi connectivity index (χ4n) is 3.45. The minimum absolute atomic E-state index is 0.243. The molecule has 0 radical (unpaired) electrons. The van der Waals surface area contributed by atoms with Crippen LogP contribution in [-0.4, -0.2) is 38.4 Å². The fourth-order valence-corrected chi connectivity index (χ4v) is 4.58. The van der Waals surface area contributed by atoms with E-state index in [-0.39, 0.29) is 5.92 Å². The van der Waals surface area contributed by atoms with Crippen LogP contribution in [0.15, 0.2) is 54.6 Å². The highest BCUT2D eigenvalue weighted by Crippen LogP contribution is 2.24. The van der Waals surface area contributed by atoms with Crippen molar-refractivity contribution in [1.29, 1.82) is 0 Å². The van der Waals surface area contributed by atoms with Gasteiger partial charge >= 0.3 is 0 Å². The molecule has 2 aromatic rings. The number of piperidine rings is 1. The summed E-state index contributed by atoms with van der Waals surface area (Å²) in [7, 11) is -2.91. The zero-order valence-corrected chi connectivity index (χ0v) is 15.4. The van der Waals surface area contributed by atoms with Crippen molar-refractivity contribution in [2.45, 2.75) is 19.4 Å². The Hall–Kier alpha value is -1.85. The number of likely N-dealkylation sites (tertiary alicyclic amines) is 1. The number of ether oxygens (including phenoxy) is 1. The average Bonchev–Trinajstić information content (AvgIpc) is 2.55. The van der Waals surface area contributed by atoms with Crippen LogP contribution in [-0.2, 0) is 16.4 Å². The van der Waals surface area contributed by atoms with E-state index in [2.05, 4.69) is 17.0 Å². The first-order valence-corrected chi connectivity index (χ1v) is 10.8. The Morgan fingerprint density at radius 1 is 1.08 bits per heavy atom. The highest BCUT2D eigenvalue weighted by Gasteiger charge is 2.23. The second kappa shape index (κ2) is 8.02. The van der Waals surface area contributed by atoms with Gasteiger partial charge in [-0.3, -0.25) is 4.90 Å². The van der Waals surface area contributed by atoms with Gasteiger partial charge in [0.05, 0.1) is 5.75 Å². The maximum atomic E-state index is 11.5. The van der Waals surface area contributed by atoms with Gasteiger partial charge in [0.1, 0.15) is 21.3 Å². The van der Waals surface area contributed by atoms with Gasteiger partial charge in [0.15, 0.2) is 0 Å². The van der Waals surface area contributed by atoms with Gasteiger partial charge in [-0.05, 0) is 55.1 Å². The van der Waals surface area contributed by atoms with Gasteiger partial charge in [0, 0.05) is 19.3 Å². The van der Waals surface area contributed by atoms with Crippen LogP contribution in [0, 0.1) is 5.92 Å². The highest BCUT2D eigenvalue weighted by atomic mass is 32.2. The molecule has 1 fully saturated rings. The molecule has 5 heteroatoms. The van der Waals surface area contributed by atoms with Crippen molar-refractivity contribution >= 4 is 9.84 Å². The first-order valence-electron chi connectivity index (χ1n) is 8.70. The first kappa shape index (κ1) is 18.0. The summed E-state index contributed by atoms with van der Waals surface area (Å²) in [5.74, 6) is 2.19. The summed E-state index contributed by atoms with van der Waals surface area (Å²) in [5.41, 5.74) is 1.19. The zero-order chi connectivity index (χ0) is 17.7. The molecule has 3 rings (SSSR count). The number of para-hydroxylation sites is 1. The normalized spacial score (nSPS) is 18.8. The topological polar surface area (TPSA) is 46.6 Å². The summed E-state index contributed by atoms with van der Waals surface area (Å²) in [5, 5.41) is 0. The Kier molecular flexibility index (Phi) is 5.76. The molecule has 0 spiro atoms. The minimum atomic E-state index is -2.91. The van der Waals surface area contributed by atoms with Crippen LogP contribution in [0.1, 0.15) is 18.4 Å². The van der Waals surface area contributed by atoms with Gasteiger partial charge in [-0.15, -0.1) is 0 Å². The Balaban J connectivity index is 1.62. The van der Waals surface area contributed by atoms with E-state index in [1.807, 2.05) is 42.5 Å². The maximum absolute atomic E-state index is 11.5. The summed E-state index contributed by atoms with van der Waals surface area (Å²) in [4.78, 5) is 2.35. The van der Waals surface area contributed by atoms with E-state index < -0.39 is 9.84 Å². The predicted octanol–water partition coefficient (Wildman–Crippen LogP) is 3.74. The molecule has 4 nitrogen and oxygen atoms in total. The van der Waals surface area contributed by atoms with Gasteiger partial charge in [-0.1, -0.05) is 30.3 Å². The Morgan fingerprint density at radius 2 is 1.84 bits per heavy atom. The zero-order valence-electron chi connectivity index (χ0n) is 14.6. The van der Waals surface area contributed by atoms with Gasteiger partial charge in [0.2, 0.25) is 0 Å². The monoisotopic (exact) mass is 359 g/mol. The summed E-state index contributed by atoms with van der Waals surface area (Å²) in [6.07, 6.45) is 3.39. The van der Waals surface area contributed by atoms with Crippen LogP contribution in [0.2, 0.25) is 0 Å². The smallest absolute Gasteiger partial charge is 0.147 e. The lowest BCUT2D eigenvalue weighted by Gasteiger charge is -2.32. The number of hydrogen-bond acceptors (Lipinski definition) is 4. The van der Waals surface area contributed by atoms with E-state index in [9.17, 15) is 8.42 Å². The quantitative estimate of drug-likeness (QED) is 0.788. The molecule has 1 aliphatic rings. The minimum Gasteiger partial charge on any atom is -0.457 e. The second-order valence-electron chi connectivity index (χ2n) is 6.90. The molecule has 1 saturated heterocycles. The molecule has 0 saturated carbocycles. The molecule has 2 aromatic carbocycles. The van der Waals surface area contributed by atoms with E-state index in [0.29, 0.717) is 5.75 Å². The van der Waals surface area contributed by atoms with E-state index in [0.717, 1.165) is 44.0 Å². The standard InChI is InChI=1S/C20H25NO3S/c1-25(22,23)16-18-8-6-12-21(15-18)14-17-7-5-11-20(13-17)24-19-9-3-2-4-10-19/h2-5,7,9-11,13,18H,6,8,12,14-16H2,1H3. The van der Waals surface area contributed by atoms with Gasteiger partial charge in [-0.2, -0.15) is 0 Å². The van der Waals surface area contributed by atoms with Crippen LogP contribution >= 0.6 is 0 Å². The first-order chi connectivity index (χ1) is 12.0. The van der Waals surface area contributed by atoms with Crippen molar-refractivity contribution in [3.63, 3.8) is 0 Å². The van der Waals surface area contributed by atoms with Crippen molar-refractivity contribution in [2.24, 2.45) is 5.92 Å². The fraction of sp³-hybridized carbons (Fsp3) is 0.400. The summed E-state index contributed by atoms with van der Waals surface area (Å²) in [6, 6.07) is 17.9. The second-order valence-corrected chi connectivity index (χ2v) is 9.08. The third kappa shape index (κ3) is 5.87. The van der Waals surface area contributed by atoms with E-state index >= 15 is 0 Å². The number of rotatable bonds is 6. The molecule has 0 aliphatic carbocycles. The van der Waals surface area contributed by atoms with Gasteiger partial charge in [-0.25, -0.2) is 8.42 Å². The predicted molar refractivity (Wildman–Crippen MR) is 101 cm³/mol. The molecular weight excluding hydrogens is 334 g/mol. The summed E-state index contributed by atoms with van der Waals surface area (Å²) < 4.78 is 29.0. The molecule has 0 N–H and O–H groups in total. The Labute approximate surface area is 150 Å².